The third-order valence-electron chi connectivity index (χ3n) is 2.54. The minimum Gasteiger partial charge on any atom is -0.383 e. The lowest BCUT2D eigenvalue weighted by Crippen LogP contribution is -2.03. The van der Waals surface area contributed by atoms with E-state index < -0.39 is 0 Å². The average molecular weight is 297 g/mol. The molecule has 114 valence electrons. The van der Waals surface area contributed by atoms with E-state index >= 15 is 0 Å². The minimum atomic E-state index is -0.0261. The van der Waals surface area contributed by atoms with Crippen molar-refractivity contribution in [1.82, 2.24) is 14.9 Å². The van der Waals surface area contributed by atoms with Crippen LogP contribution in [0.15, 0.2) is 61.3 Å². The van der Waals surface area contributed by atoms with Gasteiger partial charge in [-0.15, -0.1) is 0 Å². The molecule has 5 heteroatoms. The molecule has 0 saturated heterocycles. The van der Waals surface area contributed by atoms with Crippen LogP contribution in [0.25, 0.3) is 0 Å². The first-order valence-electron chi connectivity index (χ1n) is 6.70. The van der Waals surface area contributed by atoms with Crippen molar-refractivity contribution in [3.05, 3.63) is 72.5 Å². The van der Waals surface area contributed by atoms with Gasteiger partial charge in [0, 0.05) is 62.3 Å². The number of allylic oxidation sites excluding steroid dienone is 1. The number of aromatic nitrogens is 2. The van der Waals surface area contributed by atoms with E-state index in [0.29, 0.717) is 11.1 Å². The zero-order chi connectivity index (χ0) is 16.4. The maximum absolute atomic E-state index is 11.4. The summed E-state index contributed by atoms with van der Waals surface area (Å²) < 4.78 is 0. The molecule has 0 aliphatic carbocycles. The number of hydrogen-bond donors (Lipinski definition) is 0. The average Bonchev–Trinajstić information content (AvgIpc) is 2.55. The zero-order valence-electron chi connectivity index (χ0n) is 12.9. The van der Waals surface area contributed by atoms with Crippen LogP contribution in [0.2, 0.25) is 0 Å². The molecule has 2 aromatic rings. The number of carbonyl (C=O) groups excluding carboxylic acids is 2. The first-order chi connectivity index (χ1) is 10.5. The van der Waals surface area contributed by atoms with E-state index in [-0.39, 0.29) is 11.6 Å². The predicted octanol–water partition coefficient (Wildman–Crippen LogP) is 2.62. The molecule has 0 aliphatic heterocycles. The molecule has 0 radical (unpaired) electrons. The summed E-state index contributed by atoms with van der Waals surface area (Å²) in [7, 11) is 3.74. The molecule has 0 saturated carbocycles. The van der Waals surface area contributed by atoms with E-state index in [0.717, 1.165) is 0 Å². The highest BCUT2D eigenvalue weighted by Gasteiger charge is 1.99. The van der Waals surface area contributed by atoms with Crippen molar-refractivity contribution in [2.45, 2.75) is 6.92 Å². The van der Waals surface area contributed by atoms with Crippen LogP contribution in [0.1, 0.15) is 27.6 Å². The Hall–Kier alpha value is -2.82. The van der Waals surface area contributed by atoms with E-state index in [9.17, 15) is 9.59 Å². The van der Waals surface area contributed by atoms with Gasteiger partial charge >= 0.3 is 0 Å². The molecular formula is C17H19N3O2. The van der Waals surface area contributed by atoms with Crippen molar-refractivity contribution in [3.8, 4) is 0 Å². The monoisotopic (exact) mass is 297 g/mol. The van der Waals surface area contributed by atoms with Gasteiger partial charge in [-0.2, -0.15) is 0 Å². The quantitative estimate of drug-likeness (QED) is 0.641. The lowest BCUT2D eigenvalue weighted by atomic mass is 10.2. The molecule has 0 fully saturated rings. The molecule has 0 bridgehead atoms. The summed E-state index contributed by atoms with van der Waals surface area (Å²) in [6.45, 7) is 1.52. The Morgan fingerprint density at radius 2 is 1.55 bits per heavy atom. The van der Waals surface area contributed by atoms with Gasteiger partial charge in [0.2, 0.25) is 0 Å². The second kappa shape index (κ2) is 9.18. The number of carbonyl (C=O) groups is 2. The van der Waals surface area contributed by atoms with Gasteiger partial charge in [-0.05, 0) is 31.2 Å². The number of ketones is 2. The van der Waals surface area contributed by atoms with E-state index in [2.05, 4.69) is 9.97 Å². The standard InChI is InChI=1S/C10H12N2O.C7H7NO/c1-12(2)7-5-10(13)9-4-3-6-11-8-9;1-6(9)7-3-2-4-8-5-7/h3-8H,1-2H3;2-5H,1H3. The summed E-state index contributed by atoms with van der Waals surface area (Å²) in [6.07, 6.45) is 9.65. The Kier molecular flexibility index (Phi) is 7.19. The summed E-state index contributed by atoms with van der Waals surface area (Å²) in [6, 6.07) is 6.98. The van der Waals surface area contributed by atoms with Gasteiger partial charge in [0.05, 0.1) is 0 Å². The van der Waals surface area contributed by atoms with Crippen LogP contribution in [-0.2, 0) is 0 Å². The van der Waals surface area contributed by atoms with Gasteiger partial charge in [0.25, 0.3) is 0 Å². The molecule has 2 rings (SSSR count). The van der Waals surface area contributed by atoms with Crippen molar-refractivity contribution in [3.63, 3.8) is 0 Å². The lowest BCUT2D eigenvalue weighted by Gasteiger charge is -2.02. The molecule has 0 N–H and O–H groups in total. The Labute approximate surface area is 130 Å². The fraction of sp³-hybridized carbons (Fsp3) is 0.176. The molecule has 5 nitrogen and oxygen atoms in total. The van der Waals surface area contributed by atoms with Gasteiger partial charge in [-0.25, -0.2) is 0 Å². The summed E-state index contributed by atoms with van der Waals surface area (Å²) in [4.78, 5) is 31.5. The topological polar surface area (TPSA) is 63.2 Å². The fourth-order valence-electron chi connectivity index (χ4n) is 1.39. The molecule has 0 spiro atoms. The molecule has 22 heavy (non-hydrogen) atoms. The number of rotatable bonds is 4. The predicted molar refractivity (Wildman–Crippen MR) is 85.6 cm³/mol. The summed E-state index contributed by atoms with van der Waals surface area (Å²) in [5, 5.41) is 0. The maximum atomic E-state index is 11.4. The Bertz CT molecular complexity index is 623. The molecule has 0 atom stereocenters. The second-order valence-electron chi connectivity index (χ2n) is 4.68. The largest absolute Gasteiger partial charge is 0.383 e. The van der Waals surface area contributed by atoms with Crippen molar-refractivity contribution < 1.29 is 9.59 Å². The Morgan fingerprint density at radius 1 is 1.00 bits per heavy atom. The van der Waals surface area contributed by atoms with Crippen LogP contribution < -0.4 is 0 Å². The summed E-state index contributed by atoms with van der Waals surface area (Å²) >= 11 is 0. The molecule has 2 heterocycles. The van der Waals surface area contributed by atoms with Crippen LogP contribution in [0.5, 0.6) is 0 Å². The van der Waals surface area contributed by atoms with Gasteiger partial charge in [0.15, 0.2) is 11.6 Å². The molecule has 0 aromatic carbocycles. The normalized spacial score (nSPS) is 9.77. The number of Topliss-reactive ketones (excluding diaryl/α,β-unsaturated/α-hetero) is 1. The SMILES string of the molecule is CC(=O)c1cccnc1.CN(C)C=CC(=O)c1cccnc1. The van der Waals surface area contributed by atoms with Crippen LogP contribution in [-0.4, -0.2) is 40.5 Å². The first kappa shape index (κ1) is 17.2. The van der Waals surface area contributed by atoms with Crippen LogP contribution in [0, 0.1) is 0 Å². The highest BCUT2D eigenvalue weighted by molar-refractivity contribution is 6.04. The summed E-state index contributed by atoms with van der Waals surface area (Å²) in [5.41, 5.74) is 1.28. The second-order valence-corrected chi connectivity index (χ2v) is 4.68. The van der Waals surface area contributed by atoms with Gasteiger partial charge in [0.1, 0.15) is 0 Å². The van der Waals surface area contributed by atoms with Crippen LogP contribution in [0.3, 0.4) is 0 Å². The van der Waals surface area contributed by atoms with Crippen molar-refractivity contribution in [2.75, 3.05) is 14.1 Å². The lowest BCUT2D eigenvalue weighted by molar-refractivity contribution is 0.101. The zero-order valence-corrected chi connectivity index (χ0v) is 12.9. The van der Waals surface area contributed by atoms with Gasteiger partial charge < -0.3 is 4.90 Å². The van der Waals surface area contributed by atoms with Crippen molar-refractivity contribution in [1.29, 1.82) is 0 Å². The third-order valence-corrected chi connectivity index (χ3v) is 2.54. The number of hydrogen-bond acceptors (Lipinski definition) is 5. The van der Waals surface area contributed by atoms with E-state index in [4.69, 9.17) is 0 Å². The number of nitrogens with zero attached hydrogens (tertiary/aromatic N) is 3. The Balaban J connectivity index is 0.000000235. The highest BCUT2D eigenvalue weighted by Crippen LogP contribution is 1.98. The fourth-order valence-corrected chi connectivity index (χ4v) is 1.39. The highest BCUT2D eigenvalue weighted by atomic mass is 16.1. The maximum Gasteiger partial charge on any atom is 0.188 e. The molecule has 0 aliphatic rings. The van der Waals surface area contributed by atoms with Gasteiger partial charge in [-0.1, -0.05) is 0 Å². The van der Waals surface area contributed by atoms with Gasteiger partial charge in [-0.3, -0.25) is 19.6 Å². The molecule has 0 amide bonds. The Morgan fingerprint density at radius 3 is 1.91 bits per heavy atom. The van der Waals surface area contributed by atoms with E-state index in [1.807, 2.05) is 19.0 Å². The minimum absolute atomic E-state index is 0.0261. The third kappa shape index (κ3) is 6.56. The van der Waals surface area contributed by atoms with Crippen molar-refractivity contribution in [2.24, 2.45) is 0 Å². The first-order valence-corrected chi connectivity index (χ1v) is 6.70. The molecular weight excluding hydrogens is 278 g/mol. The summed E-state index contributed by atoms with van der Waals surface area (Å²) in [5.74, 6) is 0.0323. The number of pyridine rings is 2. The molecule has 2 aromatic heterocycles. The van der Waals surface area contributed by atoms with Crippen LogP contribution >= 0.6 is 0 Å². The van der Waals surface area contributed by atoms with E-state index in [1.165, 1.54) is 13.0 Å². The smallest absolute Gasteiger partial charge is 0.188 e. The van der Waals surface area contributed by atoms with E-state index in [1.54, 1.807) is 55.3 Å². The van der Waals surface area contributed by atoms with Crippen molar-refractivity contribution >= 4 is 11.6 Å². The van der Waals surface area contributed by atoms with Crippen LogP contribution in [0.4, 0.5) is 0 Å². The molecule has 0 unspecified atom stereocenters.